The van der Waals surface area contributed by atoms with Gasteiger partial charge in [-0.15, -0.1) is 0 Å². The van der Waals surface area contributed by atoms with E-state index in [0.717, 1.165) is 24.7 Å². The summed E-state index contributed by atoms with van der Waals surface area (Å²) >= 11 is 0. The maximum absolute atomic E-state index is 12.5. The number of hydrogen-bond donors (Lipinski definition) is 0. The first-order valence-electron chi connectivity index (χ1n) is 6.53. The standard InChI is InChI=1S/C13H21F3/c1-9-2-3-11(8-9)10-4-6-12(7-5-10)13(14,15)16/h9-12H,2-8H2,1H3. The van der Waals surface area contributed by atoms with Gasteiger partial charge in [-0.1, -0.05) is 13.3 Å². The van der Waals surface area contributed by atoms with E-state index in [1.165, 1.54) is 19.3 Å². The van der Waals surface area contributed by atoms with E-state index in [4.69, 9.17) is 0 Å². The van der Waals surface area contributed by atoms with Crippen LogP contribution in [0.25, 0.3) is 0 Å². The van der Waals surface area contributed by atoms with Gasteiger partial charge in [0.05, 0.1) is 5.92 Å². The lowest BCUT2D eigenvalue weighted by atomic mass is 9.75. The first kappa shape index (κ1) is 12.3. The van der Waals surface area contributed by atoms with Gasteiger partial charge < -0.3 is 0 Å². The minimum atomic E-state index is -3.95. The molecular weight excluding hydrogens is 213 g/mol. The summed E-state index contributed by atoms with van der Waals surface area (Å²) in [5, 5.41) is 0. The summed E-state index contributed by atoms with van der Waals surface area (Å²) in [6.07, 6.45) is 2.20. The second-order valence-electron chi connectivity index (χ2n) is 5.83. The number of halogens is 3. The zero-order valence-corrected chi connectivity index (χ0v) is 9.89. The smallest absolute Gasteiger partial charge is 0.171 e. The molecule has 0 spiro atoms. The van der Waals surface area contributed by atoms with Crippen molar-refractivity contribution in [2.24, 2.45) is 23.7 Å². The Morgan fingerprint density at radius 2 is 1.38 bits per heavy atom. The summed E-state index contributed by atoms with van der Waals surface area (Å²) in [6.45, 7) is 2.27. The molecule has 2 aliphatic rings. The van der Waals surface area contributed by atoms with Crippen LogP contribution in [-0.2, 0) is 0 Å². The molecule has 0 aromatic heterocycles. The van der Waals surface area contributed by atoms with Gasteiger partial charge in [-0.3, -0.25) is 0 Å². The van der Waals surface area contributed by atoms with Gasteiger partial charge in [0.15, 0.2) is 0 Å². The fraction of sp³-hybridized carbons (Fsp3) is 1.00. The van der Waals surface area contributed by atoms with Crippen molar-refractivity contribution in [1.82, 2.24) is 0 Å². The topological polar surface area (TPSA) is 0 Å². The SMILES string of the molecule is CC1CCC(C2CCC(C(F)(F)F)CC2)C1. The van der Waals surface area contributed by atoms with Crippen molar-refractivity contribution in [3.63, 3.8) is 0 Å². The Labute approximate surface area is 95.6 Å². The molecule has 2 aliphatic carbocycles. The van der Waals surface area contributed by atoms with Gasteiger partial charge >= 0.3 is 6.18 Å². The van der Waals surface area contributed by atoms with Crippen LogP contribution in [0, 0.1) is 23.7 Å². The predicted molar refractivity (Wildman–Crippen MR) is 58.0 cm³/mol. The Hall–Kier alpha value is -0.210. The highest BCUT2D eigenvalue weighted by Crippen LogP contribution is 2.46. The molecular formula is C13H21F3. The summed E-state index contributed by atoms with van der Waals surface area (Å²) in [5.41, 5.74) is 0. The maximum atomic E-state index is 12.5. The van der Waals surface area contributed by atoms with Gasteiger partial charge in [-0.25, -0.2) is 0 Å². The molecule has 2 rings (SSSR count). The van der Waals surface area contributed by atoms with Gasteiger partial charge in [0, 0.05) is 0 Å². The average Bonchev–Trinajstić information content (AvgIpc) is 2.64. The van der Waals surface area contributed by atoms with Crippen molar-refractivity contribution < 1.29 is 13.2 Å². The van der Waals surface area contributed by atoms with Gasteiger partial charge in [0.1, 0.15) is 0 Å². The molecule has 0 N–H and O–H groups in total. The normalized spacial score (nSPS) is 41.2. The highest BCUT2D eigenvalue weighted by atomic mass is 19.4. The quantitative estimate of drug-likeness (QED) is 0.612. The van der Waals surface area contributed by atoms with Crippen molar-refractivity contribution in [2.75, 3.05) is 0 Å². The lowest BCUT2D eigenvalue weighted by Crippen LogP contribution is -2.29. The Bertz CT molecular complexity index is 226. The third-order valence-electron chi connectivity index (χ3n) is 4.64. The van der Waals surface area contributed by atoms with Gasteiger partial charge in [-0.2, -0.15) is 13.2 Å². The fourth-order valence-corrected chi connectivity index (χ4v) is 3.60. The minimum absolute atomic E-state index is 0.374. The molecule has 3 heteroatoms. The zero-order valence-electron chi connectivity index (χ0n) is 9.89. The molecule has 0 bridgehead atoms. The second-order valence-corrected chi connectivity index (χ2v) is 5.83. The maximum Gasteiger partial charge on any atom is 0.391 e. The molecule has 0 aromatic carbocycles. The fourth-order valence-electron chi connectivity index (χ4n) is 3.60. The molecule has 0 radical (unpaired) electrons. The van der Waals surface area contributed by atoms with E-state index in [0.29, 0.717) is 18.8 Å². The largest absolute Gasteiger partial charge is 0.391 e. The highest BCUT2D eigenvalue weighted by Gasteiger charge is 2.42. The van der Waals surface area contributed by atoms with Crippen molar-refractivity contribution >= 4 is 0 Å². The molecule has 16 heavy (non-hydrogen) atoms. The molecule has 0 amide bonds. The average molecular weight is 234 g/mol. The van der Waals surface area contributed by atoms with Gasteiger partial charge in [0.2, 0.25) is 0 Å². The van der Waals surface area contributed by atoms with Gasteiger partial charge in [0.25, 0.3) is 0 Å². The molecule has 2 atom stereocenters. The molecule has 94 valence electrons. The monoisotopic (exact) mass is 234 g/mol. The van der Waals surface area contributed by atoms with Gasteiger partial charge in [-0.05, 0) is 56.3 Å². The van der Waals surface area contributed by atoms with Crippen LogP contribution in [0.15, 0.2) is 0 Å². The Morgan fingerprint density at radius 3 is 1.81 bits per heavy atom. The zero-order chi connectivity index (χ0) is 11.8. The Morgan fingerprint density at radius 1 is 0.812 bits per heavy atom. The van der Waals surface area contributed by atoms with E-state index < -0.39 is 12.1 Å². The first-order valence-corrected chi connectivity index (χ1v) is 6.53. The van der Waals surface area contributed by atoms with Crippen LogP contribution in [0.4, 0.5) is 13.2 Å². The van der Waals surface area contributed by atoms with E-state index in [1.54, 1.807) is 0 Å². The Balaban J connectivity index is 1.81. The minimum Gasteiger partial charge on any atom is -0.171 e. The third-order valence-corrected chi connectivity index (χ3v) is 4.64. The molecule has 0 heterocycles. The Kier molecular flexibility index (Phi) is 3.50. The van der Waals surface area contributed by atoms with E-state index in [9.17, 15) is 13.2 Å². The van der Waals surface area contributed by atoms with E-state index in [2.05, 4.69) is 6.92 Å². The second kappa shape index (κ2) is 4.58. The summed E-state index contributed by atoms with van der Waals surface area (Å²) < 4.78 is 37.5. The van der Waals surface area contributed by atoms with Crippen molar-refractivity contribution in [2.45, 2.75) is 58.0 Å². The summed E-state index contributed by atoms with van der Waals surface area (Å²) in [6, 6.07) is 0. The van der Waals surface area contributed by atoms with Crippen LogP contribution in [-0.4, -0.2) is 6.18 Å². The van der Waals surface area contributed by atoms with Crippen molar-refractivity contribution in [1.29, 1.82) is 0 Å². The summed E-state index contributed by atoms with van der Waals surface area (Å²) in [5.74, 6) is 1.10. The first-order chi connectivity index (χ1) is 7.47. The van der Waals surface area contributed by atoms with Crippen LogP contribution in [0.5, 0.6) is 0 Å². The summed E-state index contributed by atoms with van der Waals surface area (Å²) in [7, 11) is 0. The van der Waals surface area contributed by atoms with Crippen LogP contribution in [0.2, 0.25) is 0 Å². The molecule has 0 nitrogen and oxygen atoms in total. The van der Waals surface area contributed by atoms with E-state index in [1.807, 2.05) is 0 Å². The van der Waals surface area contributed by atoms with E-state index >= 15 is 0 Å². The lowest BCUT2D eigenvalue weighted by molar-refractivity contribution is -0.184. The number of rotatable bonds is 1. The number of hydrogen-bond acceptors (Lipinski definition) is 0. The van der Waals surface area contributed by atoms with Crippen molar-refractivity contribution in [3.8, 4) is 0 Å². The lowest BCUT2D eigenvalue weighted by Gasteiger charge is -2.33. The number of alkyl halides is 3. The van der Waals surface area contributed by atoms with Crippen molar-refractivity contribution in [3.05, 3.63) is 0 Å². The van der Waals surface area contributed by atoms with Crippen LogP contribution >= 0.6 is 0 Å². The van der Waals surface area contributed by atoms with Crippen LogP contribution < -0.4 is 0 Å². The molecule has 2 saturated carbocycles. The van der Waals surface area contributed by atoms with Crippen LogP contribution in [0.3, 0.4) is 0 Å². The predicted octanol–water partition coefficient (Wildman–Crippen LogP) is 4.79. The molecule has 2 fully saturated rings. The molecule has 0 saturated heterocycles. The molecule has 0 aliphatic heterocycles. The molecule has 0 aromatic rings. The molecule has 2 unspecified atom stereocenters. The van der Waals surface area contributed by atoms with E-state index in [-0.39, 0.29) is 0 Å². The van der Waals surface area contributed by atoms with Crippen LogP contribution in [0.1, 0.15) is 51.9 Å². The summed E-state index contributed by atoms with van der Waals surface area (Å²) in [4.78, 5) is 0. The third kappa shape index (κ3) is 2.72. The highest BCUT2D eigenvalue weighted by molar-refractivity contribution is 4.84.